The standard InChI is InChI=1S/C13H12FNO2S/c14-9-3-4-12(16)11(8-9)13(17)15-6-5-10-2-1-7-18-10/h1-4,7-8,16H,5-6H2,(H,15,17). The zero-order chi connectivity index (χ0) is 13.0. The Morgan fingerprint density at radius 1 is 1.39 bits per heavy atom. The van der Waals surface area contributed by atoms with Crippen LogP contribution >= 0.6 is 11.3 Å². The number of hydrogen-bond acceptors (Lipinski definition) is 3. The Hall–Kier alpha value is -1.88. The molecule has 2 aromatic rings. The number of phenolic OH excluding ortho intramolecular Hbond substituents is 1. The van der Waals surface area contributed by atoms with Crippen LogP contribution in [0.1, 0.15) is 15.2 Å². The van der Waals surface area contributed by atoms with Gasteiger partial charge in [-0.05, 0) is 36.1 Å². The predicted octanol–water partition coefficient (Wildman–Crippen LogP) is 2.57. The van der Waals surface area contributed by atoms with Crippen molar-refractivity contribution in [3.63, 3.8) is 0 Å². The molecule has 0 fully saturated rings. The summed E-state index contributed by atoms with van der Waals surface area (Å²) in [5.74, 6) is -1.23. The van der Waals surface area contributed by atoms with Gasteiger partial charge in [0.25, 0.3) is 5.91 Å². The van der Waals surface area contributed by atoms with Gasteiger partial charge in [-0.25, -0.2) is 4.39 Å². The monoisotopic (exact) mass is 265 g/mol. The second-order valence-electron chi connectivity index (χ2n) is 3.75. The zero-order valence-corrected chi connectivity index (χ0v) is 10.3. The molecule has 1 aromatic carbocycles. The summed E-state index contributed by atoms with van der Waals surface area (Å²) in [6.07, 6.45) is 0.722. The maximum atomic E-state index is 13.0. The van der Waals surface area contributed by atoms with Crippen molar-refractivity contribution in [2.75, 3.05) is 6.54 Å². The minimum Gasteiger partial charge on any atom is -0.507 e. The Labute approximate surface area is 108 Å². The first kappa shape index (κ1) is 12.6. The summed E-state index contributed by atoms with van der Waals surface area (Å²) in [5.41, 5.74) is -0.0406. The summed E-state index contributed by atoms with van der Waals surface area (Å²) in [5, 5.41) is 14.1. The highest BCUT2D eigenvalue weighted by Gasteiger charge is 2.11. The molecular weight excluding hydrogens is 253 g/mol. The quantitative estimate of drug-likeness (QED) is 0.892. The Morgan fingerprint density at radius 2 is 2.22 bits per heavy atom. The van der Waals surface area contributed by atoms with Crippen molar-refractivity contribution >= 4 is 17.2 Å². The van der Waals surface area contributed by atoms with Gasteiger partial charge in [-0.3, -0.25) is 4.79 Å². The fourth-order valence-electron chi connectivity index (χ4n) is 1.54. The van der Waals surface area contributed by atoms with E-state index in [4.69, 9.17) is 0 Å². The molecular formula is C13H12FNO2S. The maximum Gasteiger partial charge on any atom is 0.255 e. The van der Waals surface area contributed by atoms with Gasteiger partial charge in [-0.1, -0.05) is 6.07 Å². The third-order valence-corrected chi connectivity index (χ3v) is 3.38. The molecule has 1 heterocycles. The fourth-order valence-corrected chi connectivity index (χ4v) is 2.25. The van der Waals surface area contributed by atoms with E-state index in [0.29, 0.717) is 6.54 Å². The molecule has 18 heavy (non-hydrogen) atoms. The van der Waals surface area contributed by atoms with Crippen LogP contribution < -0.4 is 5.32 Å². The van der Waals surface area contributed by atoms with Gasteiger partial charge in [0.05, 0.1) is 5.56 Å². The summed E-state index contributed by atoms with van der Waals surface area (Å²) in [7, 11) is 0. The number of carbonyl (C=O) groups excluding carboxylic acids is 1. The molecule has 0 unspecified atom stereocenters. The molecule has 0 aliphatic heterocycles. The molecule has 0 radical (unpaired) electrons. The lowest BCUT2D eigenvalue weighted by atomic mass is 10.2. The lowest BCUT2D eigenvalue weighted by molar-refractivity contribution is 0.0951. The van der Waals surface area contributed by atoms with Crippen LogP contribution in [-0.2, 0) is 6.42 Å². The highest BCUT2D eigenvalue weighted by Crippen LogP contribution is 2.17. The van der Waals surface area contributed by atoms with Crippen molar-refractivity contribution in [1.29, 1.82) is 0 Å². The van der Waals surface area contributed by atoms with Gasteiger partial charge in [-0.2, -0.15) is 0 Å². The topological polar surface area (TPSA) is 49.3 Å². The van der Waals surface area contributed by atoms with Gasteiger partial charge in [-0.15, -0.1) is 11.3 Å². The van der Waals surface area contributed by atoms with Crippen LogP contribution in [-0.4, -0.2) is 17.6 Å². The molecule has 2 rings (SSSR count). The number of carbonyl (C=O) groups is 1. The Bertz CT molecular complexity index is 540. The minimum atomic E-state index is -0.545. The Balaban J connectivity index is 1.93. The van der Waals surface area contributed by atoms with E-state index < -0.39 is 11.7 Å². The molecule has 0 aliphatic carbocycles. The number of hydrogen-bond donors (Lipinski definition) is 2. The second-order valence-corrected chi connectivity index (χ2v) is 4.78. The molecule has 0 aliphatic rings. The van der Waals surface area contributed by atoms with Gasteiger partial charge in [0.2, 0.25) is 0 Å². The van der Waals surface area contributed by atoms with Gasteiger partial charge >= 0.3 is 0 Å². The lowest BCUT2D eigenvalue weighted by Gasteiger charge is -2.06. The van der Waals surface area contributed by atoms with Crippen molar-refractivity contribution in [2.24, 2.45) is 0 Å². The van der Waals surface area contributed by atoms with Gasteiger partial charge in [0.15, 0.2) is 0 Å². The first-order valence-electron chi connectivity index (χ1n) is 5.46. The van der Waals surface area contributed by atoms with Gasteiger partial charge in [0, 0.05) is 11.4 Å². The number of amides is 1. The Morgan fingerprint density at radius 3 is 2.94 bits per heavy atom. The summed E-state index contributed by atoms with van der Waals surface area (Å²) >= 11 is 1.62. The smallest absolute Gasteiger partial charge is 0.255 e. The summed E-state index contributed by atoms with van der Waals surface area (Å²) in [4.78, 5) is 12.9. The lowest BCUT2D eigenvalue weighted by Crippen LogP contribution is -2.25. The number of benzene rings is 1. The van der Waals surface area contributed by atoms with E-state index in [0.717, 1.165) is 18.6 Å². The van der Waals surface area contributed by atoms with Gasteiger partial charge < -0.3 is 10.4 Å². The number of aromatic hydroxyl groups is 1. The van der Waals surface area contributed by atoms with E-state index in [-0.39, 0.29) is 11.3 Å². The highest BCUT2D eigenvalue weighted by atomic mass is 32.1. The molecule has 0 saturated carbocycles. The van der Waals surface area contributed by atoms with E-state index in [1.807, 2.05) is 17.5 Å². The average molecular weight is 265 g/mol. The van der Waals surface area contributed by atoms with E-state index in [1.165, 1.54) is 10.9 Å². The molecule has 0 saturated heterocycles. The number of phenols is 1. The summed E-state index contributed by atoms with van der Waals surface area (Å²) < 4.78 is 13.0. The van der Waals surface area contributed by atoms with E-state index >= 15 is 0 Å². The molecule has 0 bridgehead atoms. The maximum absolute atomic E-state index is 13.0. The van der Waals surface area contributed by atoms with Crippen LogP contribution in [0.5, 0.6) is 5.75 Å². The van der Waals surface area contributed by atoms with E-state index in [9.17, 15) is 14.3 Å². The van der Waals surface area contributed by atoms with Crippen molar-refractivity contribution in [3.8, 4) is 5.75 Å². The zero-order valence-electron chi connectivity index (χ0n) is 9.52. The van der Waals surface area contributed by atoms with Gasteiger partial charge in [0.1, 0.15) is 11.6 Å². The summed E-state index contributed by atoms with van der Waals surface area (Å²) in [6.45, 7) is 0.454. The molecule has 3 nitrogen and oxygen atoms in total. The first-order chi connectivity index (χ1) is 8.66. The Kier molecular flexibility index (Phi) is 3.94. The van der Waals surface area contributed by atoms with Crippen LogP contribution in [0.25, 0.3) is 0 Å². The van der Waals surface area contributed by atoms with Crippen molar-refractivity contribution < 1.29 is 14.3 Å². The van der Waals surface area contributed by atoms with Crippen molar-refractivity contribution in [3.05, 3.63) is 52.0 Å². The van der Waals surface area contributed by atoms with Crippen LogP contribution in [0.2, 0.25) is 0 Å². The van der Waals surface area contributed by atoms with Crippen molar-refractivity contribution in [2.45, 2.75) is 6.42 Å². The molecule has 2 N–H and O–H groups in total. The van der Waals surface area contributed by atoms with Crippen LogP contribution in [0.15, 0.2) is 35.7 Å². The molecule has 1 aromatic heterocycles. The predicted molar refractivity (Wildman–Crippen MR) is 68.4 cm³/mol. The van der Waals surface area contributed by atoms with E-state index in [1.54, 1.807) is 11.3 Å². The van der Waals surface area contributed by atoms with Crippen LogP contribution in [0, 0.1) is 5.82 Å². The number of halogens is 1. The van der Waals surface area contributed by atoms with Crippen molar-refractivity contribution in [1.82, 2.24) is 5.32 Å². The first-order valence-corrected chi connectivity index (χ1v) is 6.34. The average Bonchev–Trinajstić information content (AvgIpc) is 2.85. The SMILES string of the molecule is O=C(NCCc1cccs1)c1cc(F)ccc1O. The second kappa shape index (κ2) is 5.64. The molecule has 0 atom stereocenters. The van der Waals surface area contributed by atoms with E-state index in [2.05, 4.69) is 5.32 Å². The number of rotatable bonds is 4. The van der Waals surface area contributed by atoms with Crippen LogP contribution in [0.3, 0.4) is 0 Å². The summed E-state index contributed by atoms with van der Waals surface area (Å²) in [6, 6.07) is 7.23. The number of thiophene rings is 1. The third kappa shape index (κ3) is 3.07. The number of nitrogens with one attached hydrogen (secondary N) is 1. The highest BCUT2D eigenvalue weighted by molar-refractivity contribution is 7.09. The largest absolute Gasteiger partial charge is 0.507 e. The normalized spacial score (nSPS) is 10.3. The molecule has 94 valence electrons. The molecule has 0 spiro atoms. The molecule has 1 amide bonds. The molecule has 5 heteroatoms. The third-order valence-electron chi connectivity index (χ3n) is 2.44. The fraction of sp³-hybridized carbons (Fsp3) is 0.154. The minimum absolute atomic E-state index is 0.0406. The van der Waals surface area contributed by atoms with Crippen LogP contribution in [0.4, 0.5) is 4.39 Å².